The third kappa shape index (κ3) is 1.59. The zero-order valence-corrected chi connectivity index (χ0v) is 8.06. The van der Waals surface area contributed by atoms with E-state index in [-0.39, 0.29) is 18.3 Å². The maximum atomic E-state index is 5.62. The fraction of sp³-hybridized carbons (Fsp3) is 1.00. The molecule has 13 heavy (non-hydrogen) atoms. The van der Waals surface area contributed by atoms with Gasteiger partial charge in [0.2, 0.25) is 0 Å². The summed E-state index contributed by atoms with van der Waals surface area (Å²) in [5.41, 5.74) is 0. The van der Waals surface area contributed by atoms with Gasteiger partial charge in [0.15, 0.2) is 0 Å². The Morgan fingerprint density at radius 1 is 1.15 bits per heavy atom. The van der Waals surface area contributed by atoms with E-state index in [0.717, 1.165) is 6.61 Å². The van der Waals surface area contributed by atoms with Gasteiger partial charge in [0.1, 0.15) is 12.2 Å². The maximum absolute atomic E-state index is 5.62. The molecule has 2 saturated heterocycles. The first-order valence-electron chi connectivity index (χ1n) is 4.61. The average molecular weight is 188 g/mol. The lowest BCUT2D eigenvalue weighted by Crippen LogP contribution is -2.31. The Balaban J connectivity index is 1.95. The number of ether oxygens (including phenoxy) is 4. The molecule has 4 atom stereocenters. The highest BCUT2D eigenvalue weighted by atomic mass is 16.6. The zero-order chi connectivity index (χ0) is 9.26. The molecular weight excluding hydrogens is 172 g/mol. The van der Waals surface area contributed by atoms with E-state index in [2.05, 4.69) is 0 Å². The molecule has 0 saturated carbocycles. The van der Waals surface area contributed by atoms with Crippen LogP contribution in [0, 0.1) is 5.92 Å². The predicted octanol–water partition coefficient (Wildman–Crippen LogP) is 0.0616. The van der Waals surface area contributed by atoms with Crippen molar-refractivity contribution < 1.29 is 18.9 Å². The van der Waals surface area contributed by atoms with Crippen molar-refractivity contribution >= 4 is 0 Å². The van der Waals surface area contributed by atoms with Crippen molar-refractivity contribution in [3.63, 3.8) is 0 Å². The van der Waals surface area contributed by atoms with Gasteiger partial charge in [0.05, 0.1) is 25.9 Å². The molecule has 0 N–H and O–H groups in total. The number of rotatable bonds is 3. The van der Waals surface area contributed by atoms with Crippen molar-refractivity contribution in [2.45, 2.75) is 18.3 Å². The zero-order valence-electron chi connectivity index (χ0n) is 8.06. The summed E-state index contributed by atoms with van der Waals surface area (Å²) < 4.78 is 21.6. The highest BCUT2D eigenvalue weighted by Gasteiger charge is 2.47. The Morgan fingerprint density at radius 2 is 1.92 bits per heavy atom. The van der Waals surface area contributed by atoms with Gasteiger partial charge in [-0.1, -0.05) is 0 Å². The molecule has 2 heterocycles. The summed E-state index contributed by atoms with van der Waals surface area (Å²) >= 11 is 0. The highest BCUT2D eigenvalue weighted by molar-refractivity contribution is 4.94. The van der Waals surface area contributed by atoms with Crippen LogP contribution in [0.25, 0.3) is 0 Å². The molecule has 4 heteroatoms. The Bertz CT molecular complexity index is 173. The van der Waals surface area contributed by atoms with Crippen molar-refractivity contribution in [3.8, 4) is 0 Å². The third-order valence-corrected chi connectivity index (χ3v) is 2.79. The van der Waals surface area contributed by atoms with E-state index >= 15 is 0 Å². The Kier molecular flexibility index (Phi) is 2.83. The van der Waals surface area contributed by atoms with Crippen LogP contribution >= 0.6 is 0 Å². The Hall–Kier alpha value is -0.160. The molecule has 2 fully saturated rings. The lowest BCUT2D eigenvalue weighted by atomic mass is 10.0. The van der Waals surface area contributed by atoms with Crippen LogP contribution < -0.4 is 0 Å². The van der Waals surface area contributed by atoms with Crippen molar-refractivity contribution in [2.75, 3.05) is 34.0 Å². The summed E-state index contributed by atoms with van der Waals surface area (Å²) in [6, 6.07) is 0. The van der Waals surface area contributed by atoms with E-state index < -0.39 is 0 Å². The minimum absolute atomic E-state index is 0.104. The Morgan fingerprint density at radius 3 is 2.62 bits per heavy atom. The largest absolute Gasteiger partial charge is 0.384 e. The van der Waals surface area contributed by atoms with Gasteiger partial charge >= 0.3 is 0 Å². The second-order valence-electron chi connectivity index (χ2n) is 3.59. The number of methoxy groups -OCH3 is 2. The minimum Gasteiger partial charge on any atom is -0.384 e. The first-order valence-corrected chi connectivity index (χ1v) is 4.61. The summed E-state index contributed by atoms with van der Waals surface area (Å²) in [6.45, 7) is 2.08. The van der Waals surface area contributed by atoms with Gasteiger partial charge in [-0.25, -0.2) is 0 Å². The third-order valence-electron chi connectivity index (χ3n) is 2.79. The van der Waals surface area contributed by atoms with Crippen LogP contribution in [-0.4, -0.2) is 52.4 Å². The number of hydrogen-bond acceptors (Lipinski definition) is 4. The minimum atomic E-state index is 0.104. The molecular formula is C9H16O4. The molecule has 0 radical (unpaired) electrons. The van der Waals surface area contributed by atoms with E-state index in [1.54, 1.807) is 14.2 Å². The molecule has 0 bridgehead atoms. The lowest BCUT2D eigenvalue weighted by molar-refractivity contribution is -0.0118. The van der Waals surface area contributed by atoms with Crippen LogP contribution in [0.3, 0.4) is 0 Å². The quantitative estimate of drug-likeness (QED) is 0.627. The molecule has 0 aromatic rings. The average Bonchev–Trinajstić information content (AvgIpc) is 2.68. The van der Waals surface area contributed by atoms with Gasteiger partial charge in [0.25, 0.3) is 0 Å². The number of fused-ring (bicyclic) bond motifs is 1. The van der Waals surface area contributed by atoms with E-state index in [1.807, 2.05) is 0 Å². The smallest absolute Gasteiger partial charge is 0.112 e. The second-order valence-corrected chi connectivity index (χ2v) is 3.59. The molecule has 0 aromatic carbocycles. The van der Waals surface area contributed by atoms with Crippen molar-refractivity contribution in [3.05, 3.63) is 0 Å². The van der Waals surface area contributed by atoms with Crippen LogP contribution in [-0.2, 0) is 18.9 Å². The fourth-order valence-electron chi connectivity index (χ4n) is 2.10. The number of hydrogen-bond donors (Lipinski definition) is 0. The molecule has 2 rings (SSSR count). The predicted molar refractivity (Wildman–Crippen MR) is 45.6 cm³/mol. The van der Waals surface area contributed by atoms with E-state index in [9.17, 15) is 0 Å². The molecule has 0 aliphatic carbocycles. The van der Waals surface area contributed by atoms with Crippen LogP contribution in [0.1, 0.15) is 0 Å². The van der Waals surface area contributed by atoms with Crippen LogP contribution in [0.5, 0.6) is 0 Å². The molecule has 2 aliphatic heterocycles. The van der Waals surface area contributed by atoms with Gasteiger partial charge < -0.3 is 18.9 Å². The van der Waals surface area contributed by atoms with Crippen LogP contribution in [0.4, 0.5) is 0 Å². The monoisotopic (exact) mass is 188 g/mol. The molecule has 4 nitrogen and oxygen atoms in total. The summed E-state index contributed by atoms with van der Waals surface area (Å²) in [5.74, 6) is 0.371. The molecule has 0 aromatic heterocycles. The van der Waals surface area contributed by atoms with Gasteiger partial charge in [-0.15, -0.1) is 0 Å². The van der Waals surface area contributed by atoms with Crippen molar-refractivity contribution in [1.82, 2.24) is 0 Å². The van der Waals surface area contributed by atoms with Crippen LogP contribution in [0.2, 0.25) is 0 Å². The van der Waals surface area contributed by atoms with E-state index in [0.29, 0.717) is 19.1 Å². The van der Waals surface area contributed by atoms with Gasteiger partial charge in [0, 0.05) is 20.1 Å². The molecule has 76 valence electrons. The summed E-state index contributed by atoms with van der Waals surface area (Å²) in [4.78, 5) is 0. The topological polar surface area (TPSA) is 36.9 Å². The van der Waals surface area contributed by atoms with Crippen molar-refractivity contribution in [2.24, 2.45) is 5.92 Å². The highest BCUT2D eigenvalue weighted by Crippen LogP contribution is 2.32. The molecule has 0 spiro atoms. The maximum Gasteiger partial charge on any atom is 0.112 e. The molecule has 2 unspecified atom stereocenters. The fourth-order valence-corrected chi connectivity index (χ4v) is 2.10. The van der Waals surface area contributed by atoms with Crippen LogP contribution in [0.15, 0.2) is 0 Å². The van der Waals surface area contributed by atoms with Gasteiger partial charge in [-0.2, -0.15) is 0 Å². The van der Waals surface area contributed by atoms with Gasteiger partial charge in [-0.3, -0.25) is 0 Å². The van der Waals surface area contributed by atoms with Crippen molar-refractivity contribution in [1.29, 1.82) is 0 Å². The summed E-state index contributed by atoms with van der Waals surface area (Å²) in [5, 5.41) is 0. The first-order chi connectivity index (χ1) is 6.36. The summed E-state index contributed by atoms with van der Waals surface area (Å²) in [7, 11) is 3.40. The van der Waals surface area contributed by atoms with E-state index in [1.165, 1.54) is 0 Å². The first kappa shape index (κ1) is 9.40. The molecule has 0 amide bonds. The standard InChI is InChI=1S/C9H16O4/c1-10-3-6-4-12-9-7(11-2)5-13-8(6)9/h6-9H,3-5H2,1-2H3/t6?,7?,8-,9-/m0/s1. The van der Waals surface area contributed by atoms with E-state index in [4.69, 9.17) is 18.9 Å². The van der Waals surface area contributed by atoms with Gasteiger partial charge in [-0.05, 0) is 0 Å². The SMILES string of the molecule is COCC1CO[C@H]2C(OC)CO[C@@H]12. The summed E-state index contributed by atoms with van der Waals surface area (Å²) in [6.07, 6.45) is 0.391. The normalized spacial score (nSPS) is 43.8. The second kappa shape index (κ2) is 3.92. The Labute approximate surface area is 78.1 Å². The lowest BCUT2D eigenvalue weighted by Gasteiger charge is -2.14. The molecule has 2 aliphatic rings.